The van der Waals surface area contributed by atoms with Crippen LogP contribution < -0.4 is 10.6 Å². The zero-order valence-electron chi connectivity index (χ0n) is 19.6. The average molecular weight is 486 g/mol. The largest absolute Gasteiger partial charge is 0.505 e. The Morgan fingerprint density at radius 2 is 1.77 bits per heavy atom. The number of Topliss-reactive ketones (excluding diaryl/α,β-unsaturated/α-hetero) is 4. The number of primary amides is 1. The number of benzene rings is 1. The summed E-state index contributed by atoms with van der Waals surface area (Å²) in [5.74, 6) is -11.6. The Balaban J connectivity index is 1.92. The van der Waals surface area contributed by atoms with Crippen LogP contribution in [0.25, 0.3) is 0 Å². The van der Waals surface area contributed by atoms with Crippen molar-refractivity contribution in [1.29, 1.82) is 0 Å². The number of hydrogen-bond acceptors (Lipinski definition) is 11. The molecule has 1 aromatic rings. The predicted octanol–water partition coefficient (Wildman–Crippen LogP) is -0.669. The van der Waals surface area contributed by atoms with Crippen LogP contribution in [0.2, 0.25) is 0 Å². The number of phenolic OH excluding ortho intramolecular Hbond substituents is 1. The summed E-state index contributed by atoms with van der Waals surface area (Å²) in [5, 5.41) is 24.9. The Kier molecular flexibility index (Phi) is 5.64. The zero-order chi connectivity index (χ0) is 26.1. The van der Waals surface area contributed by atoms with Crippen molar-refractivity contribution in [2.24, 2.45) is 34.6 Å². The molecule has 0 spiro atoms. The van der Waals surface area contributed by atoms with E-state index in [0.29, 0.717) is 11.3 Å². The van der Waals surface area contributed by atoms with Crippen LogP contribution in [0, 0.1) is 28.6 Å². The molecule has 3 aliphatic carbocycles. The molecule has 6 atom stereocenters. The lowest BCUT2D eigenvalue weighted by Crippen LogP contribution is -2.74. The first-order chi connectivity index (χ1) is 16.3. The van der Waals surface area contributed by atoms with Crippen LogP contribution in [0.1, 0.15) is 22.3 Å². The van der Waals surface area contributed by atoms with E-state index in [9.17, 15) is 39.1 Å². The Labute approximate surface area is 200 Å². The van der Waals surface area contributed by atoms with Gasteiger partial charge in [-0.1, -0.05) is 0 Å². The van der Waals surface area contributed by atoms with E-state index in [-0.39, 0.29) is 24.1 Å². The van der Waals surface area contributed by atoms with E-state index >= 15 is 0 Å². The van der Waals surface area contributed by atoms with Crippen LogP contribution in [0.15, 0.2) is 11.2 Å². The number of ketones is 4. The Bertz CT molecular complexity index is 1210. The second-order valence-corrected chi connectivity index (χ2v) is 9.89. The molecule has 0 heterocycles. The fourth-order valence-electron chi connectivity index (χ4n) is 6.11. The number of nitroso groups, excluding NO2 is 1. The molecular formula is C23H26N4O8. The minimum atomic E-state index is -2.79. The Hall–Kier alpha value is -3.51. The molecule has 12 nitrogen and oxygen atoms in total. The molecule has 4 rings (SSSR count). The lowest BCUT2D eigenvalue weighted by Gasteiger charge is -2.52. The van der Waals surface area contributed by atoms with Gasteiger partial charge < -0.3 is 20.8 Å². The second-order valence-electron chi connectivity index (χ2n) is 9.89. The van der Waals surface area contributed by atoms with Gasteiger partial charge in [0.2, 0.25) is 5.91 Å². The first-order valence-corrected chi connectivity index (χ1v) is 11.0. The number of likely N-dealkylation sites (N-methyl/N-ethyl adjacent to an activating group) is 1. The van der Waals surface area contributed by atoms with Gasteiger partial charge in [0.05, 0.1) is 17.5 Å². The van der Waals surface area contributed by atoms with E-state index in [4.69, 9.17) is 5.73 Å². The number of rotatable bonds is 4. The number of hydrogen-bond donors (Lipinski definition) is 3. The van der Waals surface area contributed by atoms with Crippen molar-refractivity contribution in [1.82, 2.24) is 4.90 Å². The van der Waals surface area contributed by atoms with Crippen molar-refractivity contribution in [3.05, 3.63) is 22.1 Å². The van der Waals surface area contributed by atoms with Crippen LogP contribution in [0.3, 0.4) is 0 Å². The summed E-state index contributed by atoms with van der Waals surface area (Å²) in [6, 6.07) is 0.170. The molecule has 2 fully saturated rings. The van der Waals surface area contributed by atoms with E-state index in [0.717, 1.165) is 0 Å². The average Bonchev–Trinajstić information content (AvgIpc) is 2.75. The molecule has 12 heteroatoms. The normalized spacial score (nSPS) is 32.1. The SMILES string of the molecule is CN(C)c1cc(N=O)c(O)c2c1C[C@H]1C[C@H]3[C@H](N(C)C)C(=O)C(C(N)=O)C(=O)[C@@]3(O)C(=O)C1C2=O. The van der Waals surface area contributed by atoms with E-state index < -0.39 is 70.1 Å². The van der Waals surface area contributed by atoms with Gasteiger partial charge in [0, 0.05) is 25.7 Å². The summed E-state index contributed by atoms with van der Waals surface area (Å²) in [4.78, 5) is 79.9. The minimum Gasteiger partial charge on any atom is -0.505 e. The van der Waals surface area contributed by atoms with Crippen molar-refractivity contribution in [3.63, 3.8) is 0 Å². The molecule has 0 aromatic heterocycles. The minimum absolute atomic E-state index is 0.0504. The summed E-state index contributed by atoms with van der Waals surface area (Å²) in [6.45, 7) is 0. The van der Waals surface area contributed by atoms with Crippen LogP contribution in [-0.4, -0.2) is 84.0 Å². The molecule has 0 bridgehead atoms. The van der Waals surface area contributed by atoms with E-state index in [1.54, 1.807) is 19.0 Å². The number of phenols is 1. The first-order valence-electron chi connectivity index (χ1n) is 11.0. The summed E-state index contributed by atoms with van der Waals surface area (Å²) < 4.78 is 0. The predicted molar refractivity (Wildman–Crippen MR) is 121 cm³/mol. The van der Waals surface area contributed by atoms with Gasteiger partial charge in [-0.2, -0.15) is 0 Å². The van der Waals surface area contributed by atoms with Gasteiger partial charge >= 0.3 is 0 Å². The van der Waals surface area contributed by atoms with Crippen molar-refractivity contribution >= 4 is 40.4 Å². The maximum Gasteiger partial charge on any atom is 0.235 e. The molecule has 1 aromatic carbocycles. The van der Waals surface area contributed by atoms with E-state index in [1.165, 1.54) is 25.1 Å². The third-order valence-electron chi connectivity index (χ3n) is 7.60. The molecule has 2 saturated carbocycles. The number of anilines is 1. The number of carbonyl (C=O) groups is 5. The van der Waals surface area contributed by atoms with Gasteiger partial charge in [0.25, 0.3) is 0 Å². The number of aliphatic hydroxyl groups is 1. The molecule has 3 aliphatic rings. The molecule has 4 N–H and O–H groups in total. The molecule has 0 radical (unpaired) electrons. The fourth-order valence-corrected chi connectivity index (χ4v) is 6.11. The Morgan fingerprint density at radius 3 is 2.29 bits per heavy atom. The summed E-state index contributed by atoms with van der Waals surface area (Å²) in [7, 11) is 6.38. The third-order valence-corrected chi connectivity index (χ3v) is 7.60. The highest BCUT2D eigenvalue weighted by Gasteiger charge is 2.69. The number of nitrogens with two attached hydrogens (primary N) is 1. The van der Waals surface area contributed by atoms with Crippen LogP contribution in [-0.2, 0) is 25.6 Å². The quantitative estimate of drug-likeness (QED) is 0.364. The summed E-state index contributed by atoms with van der Waals surface area (Å²) >= 11 is 0. The van der Waals surface area contributed by atoms with Gasteiger partial charge in [0.1, 0.15) is 0 Å². The third kappa shape index (κ3) is 3.16. The maximum atomic E-state index is 13.7. The van der Waals surface area contributed by atoms with Crippen LogP contribution in [0.5, 0.6) is 5.75 Å². The smallest absolute Gasteiger partial charge is 0.235 e. The van der Waals surface area contributed by atoms with Crippen molar-refractivity contribution in [2.45, 2.75) is 24.5 Å². The van der Waals surface area contributed by atoms with Crippen molar-refractivity contribution in [3.8, 4) is 5.75 Å². The molecule has 0 saturated heterocycles. The highest BCUT2D eigenvalue weighted by molar-refractivity contribution is 6.32. The van der Waals surface area contributed by atoms with Gasteiger partial charge in [-0.05, 0) is 49.7 Å². The standard InChI is InChI=1S/C23H26N4O8/c1-26(2)12-7-11(25-35)17(28)14-9(12)5-8-6-10-16(27(3)4)19(30)15(22(24)33)21(32)23(10,34)20(31)13(8)18(14)29/h7-8,10,13,15-16,28,34H,5-6H2,1-4H3,(H2,24,33)/t8-,10-,13?,15?,16-,23-/m0/s1. The van der Waals surface area contributed by atoms with Gasteiger partial charge in [0.15, 0.2) is 46.1 Å². The number of amides is 1. The number of nitrogens with zero attached hydrogens (tertiary/aromatic N) is 3. The van der Waals surface area contributed by atoms with Crippen molar-refractivity contribution < 1.29 is 34.2 Å². The monoisotopic (exact) mass is 486 g/mol. The van der Waals surface area contributed by atoms with E-state index in [1.807, 2.05) is 0 Å². The second kappa shape index (κ2) is 8.02. The van der Waals surface area contributed by atoms with Crippen molar-refractivity contribution in [2.75, 3.05) is 33.1 Å². The highest BCUT2D eigenvalue weighted by atomic mass is 16.3. The highest BCUT2D eigenvalue weighted by Crippen LogP contribution is 2.53. The van der Waals surface area contributed by atoms with Gasteiger partial charge in [-0.15, -0.1) is 4.91 Å². The molecule has 35 heavy (non-hydrogen) atoms. The molecule has 0 aliphatic heterocycles. The molecule has 1 amide bonds. The molecule has 186 valence electrons. The lowest BCUT2D eigenvalue weighted by molar-refractivity contribution is -0.181. The maximum absolute atomic E-state index is 13.7. The summed E-state index contributed by atoms with van der Waals surface area (Å²) in [5.41, 5.74) is 2.68. The lowest BCUT2D eigenvalue weighted by atomic mass is 9.52. The fraction of sp³-hybridized carbons (Fsp3) is 0.522. The van der Waals surface area contributed by atoms with Crippen LogP contribution in [0.4, 0.5) is 11.4 Å². The molecule has 2 unspecified atom stereocenters. The van der Waals surface area contributed by atoms with E-state index in [2.05, 4.69) is 5.18 Å². The number of aromatic hydroxyl groups is 1. The topological polar surface area (TPSA) is 188 Å². The zero-order valence-corrected chi connectivity index (χ0v) is 19.6. The summed E-state index contributed by atoms with van der Waals surface area (Å²) in [6.07, 6.45) is 0.0528. The molecular weight excluding hydrogens is 460 g/mol. The van der Waals surface area contributed by atoms with Gasteiger partial charge in [-0.25, -0.2) is 0 Å². The Morgan fingerprint density at radius 1 is 1.14 bits per heavy atom. The number of fused-ring (bicyclic) bond motifs is 3. The van der Waals surface area contributed by atoms with Crippen LogP contribution >= 0.6 is 0 Å². The number of carbonyl (C=O) groups excluding carboxylic acids is 5. The first kappa shape index (κ1) is 24.6. The van der Waals surface area contributed by atoms with Gasteiger partial charge in [-0.3, -0.25) is 28.9 Å².